The van der Waals surface area contributed by atoms with Gasteiger partial charge in [-0.3, -0.25) is 9.89 Å². The summed E-state index contributed by atoms with van der Waals surface area (Å²) in [4.78, 5) is 14.7. The first-order valence-corrected chi connectivity index (χ1v) is 9.41. The van der Waals surface area contributed by atoms with E-state index in [2.05, 4.69) is 20.4 Å². The number of hydrogen-bond donors (Lipinski definition) is 2. The van der Waals surface area contributed by atoms with Crippen molar-refractivity contribution in [1.29, 1.82) is 0 Å². The van der Waals surface area contributed by atoms with Crippen LogP contribution in [0.1, 0.15) is 22.3 Å². The van der Waals surface area contributed by atoms with E-state index in [0.717, 1.165) is 47.7 Å². The number of anilines is 1. The number of amides is 1. The topological polar surface area (TPSA) is 61.0 Å². The SMILES string of the molecule is Cc1ccccc1C(=O)N[C@@H]1CCN(c2cc(-c3ccc(Cl)cc3)[nH]n2)C1. The van der Waals surface area contributed by atoms with Crippen molar-refractivity contribution in [2.75, 3.05) is 18.0 Å². The third-order valence-corrected chi connectivity index (χ3v) is 5.21. The lowest BCUT2D eigenvalue weighted by Crippen LogP contribution is -2.37. The molecule has 2 heterocycles. The van der Waals surface area contributed by atoms with E-state index in [1.54, 1.807) is 0 Å². The standard InChI is InChI=1S/C21H21ClN4O/c1-14-4-2-3-5-18(14)21(27)23-17-10-11-26(13-17)20-12-19(24-25-20)15-6-8-16(22)9-7-15/h2-9,12,17H,10-11,13H2,1H3,(H,23,27)(H,24,25)/t17-/m1/s1. The van der Waals surface area contributed by atoms with E-state index in [-0.39, 0.29) is 11.9 Å². The van der Waals surface area contributed by atoms with Gasteiger partial charge >= 0.3 is 0 Å². The summed E-state index contributed by atoms with van der Waals surface area (Å²) >= 11 is 5.95. The van der Waals surface area contributed by atoms with Crippen molar-refractivity contribution in [3.8, 4) is 11.3 Å². The molecule has 1 amide bonds. The number of nitrogens with one attached hydrogen (secondary N) is 2. The predicted octanol–water partition coefficient (Wildman–Crippen LogP) is 4.05. The fourth-order valence-electron chi connectivity index (χ4n) is 3.43. The second kappa shape index (κ2) is 7.45. The normalized spacial score (nSPS) is 16.5. The molecule has 1 aromatic heterocycles. The molecule has 3 aromatic rings. The van der Waals surface area contributed by atoms with Gasteiger partial charge in [0.1, 0.15) is 0 Å². The summed E-state index contributed by atoms with van der Waals surface area (Å²) in [7, 11) is 0. The summed E-state index contributed by atoms with van der Waals surface area (Å²) in [6, 6.07) is 17.5. The van der Waals surface area contributed by atoms with E-state index >= 15 is 0 Å². The molecule has 4 rings (SSSR count). The largest absolute Gasteiger partial charge is 0.353 e. The molecule has 0 unspecified atom stereocenters. The van der Waals surface area contributed by atoms with Crippen LogP contribution < -0.4 is 10.2 Å². The molecule has 6 heteroatoms. The maximum atomic E-state index is 12.5. The number of aromatic amines is 1. The van der Waals surface area contributed by atoms with Crippen LogP contribution in [0.4, 0.5) is 5.82 Å². The van der Waals surface area contributed by atoms with Crippen LogP contribution in [0.2, 0.25) is 5.02 Å². The number of hydrogen-bond acceptors (Lipinski definition) is 3. The number of carbonyl (C=O) groups excluding carboxylic acids is 1. The van der Waals surface area contributed by atoms with Crippen LogP contribution in [0, 0.1) is 6.92 Å². The predicted molar refractivity (Wildman–Crippen MR) is 108 cm³/mol. The van der Waals surface area contributed by atoms with Crippen molar-refractivity contribution in [3.05, 3.63) is 70.7 Å². The highest BCUT2D eigenvalue weighted by Gasteiger charge is 2.26. The van der Waals surface area contributed by atoms with E-state index in [1.807, 2.05) is 61.5 Å². The van der Waals surface area contributed by atoms with Crippen molar-refractivity contribution in [3.63, 3.8) is 0 Å². The van der Waals surface area contributed by atoms with E-state index < -0.39 is 0 Å². The number of halogens is 1. The zero-order chi connectivity index (χ0) is 18.8. The van der Waals surface area contributed by atoms with Gasteiger partial charge in [0.25, 0.3) is 5.91 Å². The van der Waals surface area contributed by atoms with Gasteiger partial charge in [-0.25, -0.2) is 0 Å². The van der Waals surface area contributed by atoms with Gasteiger partial charge in [-0.05, 0) is 42.7 Å². The van der Waals surface area contributed by atoms with Gasteiger partial charge in [0.15, 0.2) is 5.82 Å². The Hall–Kier alpha value is -2.79. The Labute approximate surface area is 163 Å². The molecular weight excluding hydrogens is 360 g/mol. The van der Waals surface area contributed by atoms with Crippen molar-refractivity contribution in [1.82, 2.24) is 15.5 Å². The smallest absolute Gasteiger partial charge is 0.251 e. The van der Waals surface area contributed by atoms with Crippen molar-refractivity contribution < 1.29 is 4.79 Å². The van der Waals surface area contributed by atoms with Crippen LogP contribution in [-0.4, -0.2) is 35.2 Å². The monoisotopic (exact) mass is 380 g/mol. The van der Waals surface area contributed by atoms with Gasteiger partial charge in [-0.2, -0.15) is 5.10 Å². The average Bonchev–Trinajstić information content (AvgIpc) is 3.32. The number of carbonyl (C=O) groups is 1. The van der Waals surface area contributed by atoms with Gasteiger partial charge in [-0.15, -0.1) is 0 Å². The molecule has 138 valence electrons. The lowest BCUT2D eigenvalue weighted by molar-refractivity contribution is 0.0940. The van der Waals surface area contributed by atoms with E-state index in [4.69, 9.17) is 11.6 Å². The van der Waals surface area contributed by atoms with Crippen LogP contribution in [0.15, 0.2) is 54.6 Å². The molecule has 0 aliphatic carbocycles. The molecule has 0 radical (unpaired) electrons. The zero-order valence-electron chi connectivity index (χ0n) is 15.1. The number of aryl methyl sites for hydroxylation is 1. The van der Waals surface area contributed by atoms with Crippen molar-refractivity contribution in [2.24, 2.45) is 0 Å². The molecule has 1 aliphatic rings. The molecule has 27 heavy (non-hydrogen) atoms. The molecule has 1 atom stereocenters. The summed E-state index contributed by atoms with van der Waals surface area (Å²) in [6.07, 6.45) is 0.904. The number of aromatic nitrogens is 2. The minimum Gasteiger partial charge on any atom is -0.353 e. The second-order valence-corrected chi connectivity index (χ2v) is 7.30. The van der Waals surface area contributed by atoms with Crippen LogP contribution in [-0.2, 0) is 0 Å². The summed E-state index contributed by atoms with van der Waals surface area (Å²) < 4.78 is 0. The van der Waals surface area contributed by atoms with Gasteiger partial charge in [0.2, 0.25) is 0 Å². The first kappa shape index (κ1) is 17.6. The minimum absolute atomic E-state index is 0.0103. The van der Waals surface area contributed by atoms with Crippen LogP contribution in [0.25, 0.3) is 11.3 Å². The molecule has 1 saturated heterocycles. The molecule has 0 saturated carbocycles. The zero-order valence-corrected chi connectivity index (χ0v) is 15.8. The first-order chi connectivity index (χ1) is 13.1. The third-order valence-electron chi connectivity index (χ3n) is 4.96. The Balaban J connectivity index is 1.40. The van der Waals surface area contributed by atoms with Gasteiger partial charge < -0.3 is 10.2 Å². The molecular formula is C21H21ClN4O. The Kier molecular flexibility index (Phi) is 4.86. The van der Waals surface area contributed by atoms with Crippen molar-refractivity contribution in [2.45, 2.75) is 19.4 Å². The summed E-state index contributed by atoms with van der Waals surface area (Å²) in [5.74, 6) is 0.886. The fraction of sp³-hybridized carbons (Fsp3) is 0.238. The number of nitrogens with zero attached hydrogens (tertiary/aromatic N) is 2. The second-order valence-electron chi connectivity index (χ2n) is 6.87. The first-order valence-electron chi connectivity index (χ1n) is 9.03. The van der Waals surface area contributed by atoms with Crippen molar-refractivity contribution >= 4 is 23.3 Å². The van der Waals surface area contributed by atoms with Crippen LogP contribution in [0.3, 0.4) is 0 Å². The highest BCUT2D eigenvalue weighted by atomic mass is 35.5. The molecule has 1 fully saturated rings. The molecule has 1 aliphatic heterocycles. The fourth-order valence-corrected chi connectivity index (χ4v) is 3.55. The van der Waals surface area contributed by atoms with E-state index in [0.29, 0.717) is 5.02 Å². The molecule has 5 nitrogen and oxygen atoms in total. The third kappa shape index (κ3) is 3.83. The average molecular weight is 381 g/mol. The molecule has 2 aromatic carbocycles. The lowest BCUT2D eigenvalue weighted by Gasteiger charge is -2.16. The van der Waals surface area contributed by atoms with E-state index in [9.17, 15) is 4.79 Å². The Morgan fingerprint density at radius 2 is 2.00 bits per heavy atom. The highest BCUT2D eigenvalue weighted by Crippen LogP contribution is 2.25. The maximum absolute atomic E-state index is 12.5. The van der Waals surface area contributed by atoms with Crippen LogP contribution in [0.5, 0.6) is 0 Å². The molecule has 2 N–H and O–H groups in total. The highest BCUT2D eigenvalue weighted by molar-refractivity contribution is 6.30. The Morgan fingerprint density at radius 3 is 2.78 bits per heavy atom. The summed E-state index contributed by atoms with van der Waals surface area (Å²) in [5.41, 5.74) is 3.72. The lowest BCUT2D eigenvalue weighted by atomic mass is 10.1. The van der Waals surface area contributed by atoms with Gasteiger partial charge in [0, 0.05) is 35.8 Å². The minimum atomic E-state index is -0.0103. The summed E-state index contributed by atoms with van der Waals surface area (Å²) in [6.45, 7) is 3.57. The number of H-pyrrole nitrogens is 1. The van der Waals surface area contributed by atoms with Crippen LogP contribution >= 0.6 is 11.6 Å². The summed E-state index contributed by atoms with van der Waals surface area (Å²) in [5, 5.41) is 11.4. The quantitative estimate of drug-likeness (QED) is 0.717. The Morgan fingerprint density at radius 1 is 1.22 bits per heavy atom. The van der Waals surface area contributed by atoms with E-state index in [1.165, 1.54) is 0 Å². The molecule has 0 spiro atoms. The Bertz CT molecular complexity index is 951. The van der Waals surface area contributed by atoms with Gasteiger partial charge in [-0.1, -0.05) is 41.9 Å². The number of rotatable bonds is 4. The number of benzene rings is 2. The maximum Gasteiger partial charge on any atom is 0.251 e. The van der Waals surface area contributed by atoms with Gasteiger partial charge in [0.05, 0.1) is 5.69 Å². The molecule has 0 bridgehead atoms.